The van der Waals surface area contributed by atoms with Gasteiger partial charge in [0.1, 0.15) is 5.75 Å². The zero-order chi connectivity index (χ0) is 21.5. The van der Waals surface area contributed by atoms with Crippen LogP contribution in [0.4, 0.5) is 0 Å². The second kappa shape index (κ2) is 7.80. The monoisotopic (exact) mass is 416 g/mol. The molecule has 0 N–H and O–H groups in total. The predicted molar refractivity (Wildman–Crippen MR) is 131 cm³/mol. The molecular formula is C30H24O2. The van der Waals surface area contributed by atoms with E-state index in [4.69, 9.17) is 4.74 Å². The van der Waals surface area contributed by atoms with Crippen LogP contribution in [-0.4, -0.2) is 5.97 Å². The number of carbonyl (C=O) groups is 1. The molecule has 0 amide bonds. The van der Waals surface area contributed by atoms with Crippen LogP contribution in [0.3, 0.4) is 0 Å². The summed E-state index contributed by atoms with van der Waals surface area (Å²) in [6.45, 7) is 0. The lowest BCUT2D eigenvalue weighted by Gasteiger charge is -2.16. The molecule has 1 saturated carbocycles. The van der Waals surface area contributed by atoms with Crippen molar-refractivity contribution in [2.24, 2.45) is 17.8 Å². The van der Waals surface area contributed by atoms with Crippen molar-refractivity contribution in [1.82, 2.24) is 0 Å². The summed E-state index contributed by atoms with van der Waals surface area (Å²) in [5.74, 6) is 1.49. The van der Waals surface area contributed by atoms with E-state index in [1.165, 1.54) is 16.3 Å². The van der Waals surface area contributed by atoms with E-state index in [1.54, 1.807) is 0 Å². The Balaban J connectivity index is 1.19. The summed E-state index contributed by atoms with van der Waals surface area (Å²) in [5, 5.41) is 4.71. The maximum absolute atomic E-state index is 12.6. The van der Waals surface area contributed by atoms with Gasteiger partial charge in [-0.3, -0.25) is 4.79 Å². The summed E-state index contributed by atoms with van der Waals surface area (Å²) in [5.41, 5.74) is 2.32. The molecule has 0 radical (unpaired) electrons. The third kappa shape index (κ3) is 3.62. The standard InChI is InChI=1S/C30H24O2/c31-30(29-18-22-9-12-27(29)17-22)32-28-14-13-25-16-21(8-11-26(25)19-28)6-5-20-7-10-23-3-1-2-4-24(23)15-20/h1-16,19,22,27,29H,17-18H2/b6-5+. The average molecular weight is 417 g/mol. The highest BCUT2D eigenvalue weighted by molar-refractivity contribution is 5.89. The molecule has 4 aromatic carbocycles. The lowest BCUT2D eigenvalue weighted by Crippen LogP contribution is -2.23. The molecule has 3 atom stereocenters. The third-order valence-corrected chi connectivity index (χ3v) is 6.88. The molecule has 2 bridgehead atoms. The van der Waals surface area contributed by atoms with Crippen LogP contribution in [0.15, 0.2) is 91.0 Å². The van der Waals surface area contributed by atoms with Crippen molar-refractivity contribution in [2.45, 2.75) is 12.8 Å². The fourth-order valence-corrected chi connectivity index (χ4v) is 5.16. The van der Waals surface area contributed by atoms with Crippen LogP contribution in [0.2, 0.25) is 0 Å². The summed E-state index contributed by atoms with van der Waals surface area (Å²) in [4.78, 5) is 12.6. The van der Waals surface area contributed by atoms with Gasteiger partial charge in [-0.2, -0.15) is 0 Å². The lowest BCUT2D eigenvalue weighted by molar-refractivity contribution is -0.139. The van der Waals surface area contributed by atoms with Crippen LogP contribution in [0, 0.1) is 17.8 Å². The molecule has 0 aromatic heterocycles. The first-order valence-electron chi connectivity index (χ1n) is 11.3. The average Bonchev–Trinajstić information content (AvgIpc) is 3.46. The molecule has 2 heteroatoms. The minimum absolute atomic E-state index is 0.0170. The summed E-state index contributed by atoms with van der Waals surface area (Å²) in [6, 6.07) is 27.2. The smallest absolute Gasteiger partial charge is 0.314 e. The fourth-order valence-electron chi connectivity index (χ4n) is 5.16. The largest absolute Gasteiger partial charge is 0.426 e. The van der Waals surface area contributed by atoms with Crippen molar-refractivity contribution in [3.63, 3.8) is 0 Å². The first kappa shape index (κ1) is 19.1. The lowest BCUT2D eigenvalue weighted by atomic mass is 9.94. The first-order chi connectivity index (χ1) is 15.7. The maximum Gasteiger partial charge on any atom is 0.314 e. The Bertz CT molecular complexity index is 1390. The Hall–Kier alpha value is -3.65. The van der Waals surface area contributed by atoms with E-state index >= 15 is 0 Å². The van der Waals surface area contributed by atoms with Gasteiger partial charge in [0, 0.05) is 0 Å². The van der Waals surface area contributed by atoms with Crippen molar-refractivity contribution < 1.29 is 9.53 Å². The number of rotatable bonds is 4. The number of hydrogen-bond acceptors (Lipinski definition) is 2. The van der Waals surface area contributed by atoms with E-state index in [0.29, 0.717) is 17.6 Å². The molecule has 3 unspecified atom stereocenters. The highest BCUT2D eigenvalue weighted by atomic mass is 16.5. The molecule has 0 saturated heterocycles. The van der Waals surface area contributed by atoms with Gasteiger partial charge in [-0.25, -0.2) is 0 Å². The van der Waals surface area contributed by atoms with Crippen LogP contribution >= 0.6 is 0 Å². The fraction of sp³-hybridized carbons (Fsp3) is 0.167. The van der Waals surface area contributed by atoms with Gasteiger partial charge in [-0.1, -0.05) is 78.9 Å². The van der Waals surface area contributed by atoms with Crippen LogP contribution in [0.25, 0.3) is 33.7 Å². The van der Waals surface area contributed by atoms with Gasteiger partial charge in [-0.05, 0) is 81.6 Å². The number of benzene rings is 4. The molecule has 1 fully saturated rings. The SMILES string of the molecule is O=C(Oc1ccc2cc(/C=C/c3ccc4ccccc4c3)ccc2c1)C1CC2C=CC1C2. The Morgan fingerprint density at radius 3 is 2.09 bits per heavy atom. The van der Waals surface area contributed by atoms with Crippen LogP contribution in [0.1, 0.15) is 24.0 Å². The zero-order valence-electron chi connectivity index (χ0n) is 17.8. The van der Waals surface area contributed by atoms with Gasteiger partial charge in [0.05, 0.1) is 5.92 Å². The van der Waals surface area contributed by atoms with Gasteiger partial charge in [0.15, 0.2) is 0 Å². The molecule has 156 valence electrons. The Morgan fingerprint density at radius 1 is 0.719 bits per heavy atom. The van der Waals surface area contributed by atoms with Crippen molar-refractivity contribution in [2.75, 3.05) is 0 Å². The van der Waals surface area contributed by atoms with Gasteiger partial charge >= 0.3 is 5.97 Å². The van der Waals surface area contributed by atoms with Crippen molar-refractivity contribution in [3.8, 4) is 5.75 Å². The number of fused-ring (bicyclic) bond motifs is 4. The normalized spacial score (nSPS) is 21.7. The van der Waals surface area contributed by atoms with Gasteiger partial charge in [-0.15, -0.1) is 0 Å². The van der Waals surface area contributed by atoms with Crippen LogP contribution < -0.4 is 4.74 Å². The molecule has 2 aliphatic carbocycles. The van der Waals surface area contributed by atoms with Crippen LogP contribution in [-0.2, 0) is 4.79 Å². The van der Waals surface area contributed by atoms with E-state index < -0.39 is 0 Å². The van der Waals surface area contributed by atoms with Crippen molar-refractivity contribution >= 4 is 39.7 Å². The zero-order valence-corrected chi connectivity index (χ0v) is 17.8. The third-order valence-electron chi connectivity index (χ3n) is 6.88. The van der Waals surface area contributed by atoms with Crippen LogP contribution in [0.5, 0.6) is 5.75 Å². The minimum atomic E-state index is -0.0869. The minimum Gasteiger partial charge on any atom is -0.426 e. The predicted octanol–water partition coefficient (Wildman–Crippen LogP) is 7.28. The van der Waals surface area contributed by atoms with E-state index in [9.17, 15) is 4.79 Å². The summed E-state index contributed by atoms with van der Waals surface area (Å²) in [6.07, 6.45) is 10.8. The topological polar surface area (TPSA) is 26.3 Å². The molecule has 0 heterocycles. The number of esters is 1. The number of ether oxygens (including phenoxy) is 1. The van der Waals surface area contributed by atoms with E-state index in [2.05, 4.69) is 85.0 Å². The summed E-state index contributed by atoms with van der Waals surface area (Å²) < 4.78 is 5.74. The molecule has 32 heavy (non-hydrogen) atoms. The quantitative estimate of drug-likeness (QED) is 0.151. The molecule has 4 aromatic rings. The molecule has 0 aliphatic heterocycles. The molecule has 6 rings (SSSR count). The Labute approximate surface area is 187 Å². The number of carbonyl (C=O) groups excluding carboxylic acids is 1. The van der Waals surface area contributed by atoms with E-state index in [0.717, 1.165) is 29.2 Å². The van der Waals surface area contributed by atoms with E-state index in [-0.39, 0.29) is 11.9 Å². The molecule has 2 nitrogen and oxygen atoms in total. The molecule has 0 spiro atoms. The molecular weight excluding hydrogens is 392 g/mol. The summed E-state index contributed by atoms with van der Waals surface area (Å²) >= 11 is 0. The second-order valence-corrected chi connectivity index (χ2v) is 9.02. The molecule has 2 aliphatic rings. The number of allylic oxidation sites excluding steroid dienone is 2. The maximum atomic E-state index is 12.6. The van der Waals surface area contributed by atoms with Crippen molar-refractivity contribution in [3.05, 3.63) is 102 Å². The highest BCUT2D eigenvalue weighted by Gasteiger charge is 2.40. The summed E-state index contributed by atoms with van der Waals surface area (Å²) in [7, 11) is 0. The highest BCUT2D eigenvalue weighted by Crippen LogP contribution is 2.44. The van der Waals surface area contributed by atoms with E-state index in [1.807, 2.05) is 18.2 Å². The first-order valence-corrected chi connectivity index (χ1v) is 11.3. The van der Waals surface area contributed by atoms with Crippen molar-refractivity contribution in [1.29, 1.82) is 0 Å². The van der Waals surface area contributed by atoms with Gasteiger partial charge in [0.2, 0.25) is 0 Å². The Kier molecular flexibility index (Phi) is 4.65. The van der Waals surface area contributed by atoms with Gasteiger partial charge in [0.25, 0.3) is 0 Å². The second-order valence-electron chi connectivity index (χ2n) is 9.02. The Morgan fingerprint density at radius 2 is 1.38 bits per heavy atom. The van der Waals surface area contributed by atoms with Gasteiger partial charge < -0.3 is 4.74 Å². The number of hydrogen-bond donors (Lipinski definition) is 0.